The van der Waals surface area contributed by atoms with E-state index in [1.807, 2.05) is 11.8 Å². The third-order valence-corrected chi connectivity index (χ3v) is 5.52. The number of nitrogens with two attached hydrogens (primary N) is 1. The summed E-state index contributed by atoms with van der Waals surface area (Å²) in [6.45, 7) is 5.94. The van der Waals surface area contributed by atoms with Crippen molar-refractivity contribution >= 4 is 36.6 Å². The topological polar surface area (TPSA) is 87.9 Å². The molecule has 0 bridgehead atoms. The molecule has 2 fully saturated rings. The Hall–Kier alpha value is -0.600. The van der Waals surface area contributed by atoms with Crippen LogP contribution in [0.5, 0.6) is 0 Å². The molecule has 0 aromatic heterocycles. The van der Waals surface area contributed by atoms with E-state index in [0.717, 1.165) is 32.1 Å². The summed E-state index contributed by atoms with van der Waals surface area (Å²) >= 11 is 0. The number of halogens is 2. The molecule has 1 heterocycles. The molecule has 1 atom stereocenters. The van der Waals surface area contributed by atoms with Gasteiger partial charge < -0.3 is 20.7 Å². The lowest BCUT2D eigenvalue weighted by atomic mass is 9.81. The van der Waals surface area contributed by atoms with Crippen LogP contribution in [-0.2, 0) is 14.3 Å². The van der Waals surface area contributed by atoms with Gasteiger partial charge in [0.05, 0.1) is 11.6 Å². The second kappa shape index (κ2) is 12.8. The second-order valence-electron chi connectivity index (χ2n) is 7.36. The Labute approximate surface area is 175 Å². The average Bonchev–Trinajstić information content (AvgIpc) is 2.64. The van der Waals surface area contributed by atoms with E-state index in [2.05, 4.69) is 10.2 Å². The average molecular weight is 427 g/mol. The lowest BCUT2D eigenvalue weighted by Crippen LogP contribution is -2.61. The zero-order valence-corrected chi connectivity index (χ0v) is 18.2. The molecule has 9 heteroatoms. The molecule has 1 saturated carbocycles. The van der Waals surface area contributed by atoms with Gasteiger partial charge in [0.1, 0.15) is 0 Å². The van der Waals surface area contributed by atoms with Crippen molar-refractivity contribution in [1.29, 1.82) is 0 Å². The molecular weight excluding hydrogens is 391 g/mol. The van der Waals surface area contributed by atoms with Crippen molar-refractivity contribution in [3.05, 3.63) is 0 Å². The minimum absolute atomic E-state index is 0. The van der Waals surface area contributed by atoms with Crippen molar-refractivity contribution in [1.82, 2.24) is 15.1 Å². The molecule has 2 aliphatic rings. The van der Waals surface area contributed by atoms with Gasteiger partial charge in [0.25, 0.3) is 0 Å². The van der Waals surface area contributed by atoms with E-state index >= 15 is 0 Å². The summed E-state index contributed by atoms with van der Waals surface area (Å²) in [4.78, 5) is 29.0. The molecule has 1 saturated heterocycles. The molecule has 7 nitrogen and oxygen atoms in total. The van der Waals surface area contributed by atoms with Crippen molar-refractivity contribution in [3.8, 4) is 0 Å². The molecule has 2 rings (SSSR count). The number of hydrogen-bond acceptors (Lipinski definition) is 5. The van der Waals surface area contributed by atoms with Crippen LogP contribution in [0.4, 0.5) is 0 Å². The standard InChI is InChI=1S/C18H34N4O3.2ClH/c1-15(16(23)20-9-6-14-25-2)21-10-12-22(13-11-21)17(24)18(19)7-4-3-5-8-18;;/h15H,3-14,19H2,1-2H3,(H,20,23);2*1H. The van der Waals surface area contributed by atoms with Crippen molar-refractivity contribution < 1.29 is 14.3 Å². The predicted molar refractivity (Wildman–Crippen MR) is 112 cm³/mol. The zero-order valence-electron chi connectivity index (χ0n) is 16.6. The fourth-order valence-electron chi connectivity index (χ4n) is 3.77. The molecule has 2 amide bonds. The number of methoxy groups -OCH3 is 1. The Morgan fingerprint density at radius 1 is 1.11 bits per heavy atom. The third-order valence-electron chi connectivity index (χ3n) is 5.52. The van der Waals surface area contributed by atoms with Crippen molar-refractivity contribution in [2.24, 2.45) is 5.73 Å². The van der Waals surface area contributed by atoms with Gasteiger partial charge in [0.2, 0.25) is 11.8 Å². The summed E-state index contributed by atoms with van der Waals surface area (Å²) in [5, 5.41) is 2.95. The molecule has 0 spiro atoms. The van der Waals surface area contributed by atoms with E-state index in [4.69, 9.17) is 10.5 Å². The maximum atomic E-state index is 12.8. The van der Waals surface area contributed by atoms with E-state index in [0.29, 0.717) is 39.3 Å². The molecule has 1 aliphatic heterocycles. The highest BCUT2D eigenvalue weighted by atomic mass is 35.5. The molecule has 3 N–H and O–H groups in total. The van der Waals surface area contributed by atoms with Gasteiger partial charge in [-0.25, -0.2) is 0 Å². The highest BCUT2D eigenvalue weighted by molar-refractivity contribution is 5.86. The van der Waals surface area contributed by atoms with Gasteiger partial charge in [-0.15, -0.1) is 24.8 Å². The third kappa shape index (κ3) is 7.38. The summed E-state index contributed by atoms with van der Waals surface area (Å²) in [7, 11) is 1.66. The number of nitrogens with zero attached hydrogens (tertiary/aromatic N) is 2. The van der Waals surface area contributed by atoms with Crippen LogP contribution in [-0.4, -0.2) is 79.6 Å². The van der Waals surface area contributed by atoms with E-state index in [9.17, 15) is 9.59 Å². The number of piperazine rings is 1. The smallest absolute Gasteiger partial charge is 0.242 e. The van der Waals surface area contributed by atoms with Crippen LogP contribution in [0.15, 0.2) is 0 Å². The fourth-order valence-corrected chi connectivity index (χ4v) is 3.77. The molecule has 1 unspecified atom stereocenters. The fraction of sp³-hybridized carbons (Fsp3) is 0.889. The molecular formula is C18H36Cl2N4O3. The molecule has 27 heavy (non-hydrogen) atoms. The van der Waals surface area contributed by atoms with E-state index < -0.39 is 5.54 Å². The van der Waals surface area contributed by atoms with E-state index in [1.54, 1.807) is 7.11 Å². The minimum Gasteiger partial charge on any atom is -0.385 e. The van der Waals surface area contributed by atoms with Gasteiger partial charge >= 0.3 is 0 Å². The molecule has 0 aromatic carbocycles. The van der Waals surface area contributed by atoms with Crippen LogP contribution in [0.2, 0.25) is 0 Å². The molecule has 0 radical (unpaired) electrons. The van der Waals surface area contributed by atoms with Crippen molar-refractivity contribution in [2.75, 3.05) is 46.4 Å². The summed E-state index contributed by atoms with van der Waals surface area (Å²) in [6.07, 6.45) is 5.68. The van der Waals surface area contributed by atoms with Gasteiger partial charge in [-0.1, -0.05) is 19.3 Å². The van der Waals surface area contributed by atoms with Gasteiger partial charge in [-0.05, 0) is 26.2 Å². The maximum absolute atomic E-state index is 12.8. The first-order valence-corrected chi connectivity index (χ1v) is 9.57. The largest absolute Gasteiger partial charge is 0.385 e. The summed E-state index contributed by atoms with van der Waals surface area (Å²) in [6, 6.07) is -0.179. The monoisotopic (exact) mass is 426 g/mol. The van der Waals surface area contributed by atoms with Crippen LogP contribution in [0.3, 0.4) is 0 Å². The molecule has 1 aliphatic carbocycles. The number of carbonyl (C=O) groups excluding carboxylic acids is 2. The highest BCUT2D eigenvalue weighted by Gasteiger charge is 2.39. The number of amides is 2. The van der Waals surface area contributed by atoms with Crippen molar-refractivity contribution in [3.63, 3.8) is 0 Å². The predicted octanol–water partition coefficient (Wildman–Crippen LogP) is 1.18. The Balaban J connectivity index is 0.00000338. The first-order chi connectivity index (χ1) is 12.0. The lowest BCUT2D eigenvalue weighted by Gasteiger charge is -2.42. The first kappa shape index (κ1) is 26.4. The van der Waals surface area contributed by atoms with Gasteiger partial charge in [-0.2, -0.15) is 0 Å². The van der Waals surface area contributed by atoms with Crippen LogP contribution in [0.25, 0.3) is 0 Å². The number of hydrogen-bond donors (Lipinski definition) is 2. The summed E-state index contributed by atoms with van der Waals surface area (Å²) in [5.41, 5.74) is 5.71. The van der Waals surface area contributed by atoms with Gasteiger partial charge in [0, 0.05) is 46.4 Å². The van der Waals surface area contributed by atoms with E-state index in [-0.39, 0.29) is 42.7 Å². The number of rotatable bonds is 7. The Morgan fingerprint density at radius 2 is 1.70 bits per heavy atom. The minimum atomic E-state index is -0.662. The second-order valence-corrected chi connectivity index (χ2v) is 7.36. The van der Waals surface area contributed by atoms with Crippen LogP contribution >= 0.6 is 24.8 Å². The summed E-state index contributed by atoms with van der Waals surface area (Å²) in [5.74, 6) is 0.141. The van der Waals surface area contributed by atoms with Gasteiger partial charge in [-0.3, -0.25) is 14.5 Å². The number of carbonyl (C=O) groups is 2. The molecule has 0 aromatic rings. The van der Waals surface area contributed by atoms with Gasteiger partial charge in [0.15, 0.2) is 0 Å². The normalized spacial score (nSPS) is 20.8. The van der Waals surface area contributed by atoms with Crippen LogP contribution in [0.1, 0.15) is 45.4 Å². The lowest BCUT2D eigenvalue weighted by molar-refractivity contribution is -0.140. The first-order valence-electron chi connectivity index (χ1n) is 9.57. The van der Waals surface area contributed by atoms with E-state index in [1.165, 1.54) is 6.42 Å². The SMILES string of the molecule is COCCCNC(=O)C(C)N1CCN(C(=O)C2(N)CCCCC2)CC1.Cl.Cl. The Kier molecular flexibility index (Phi) is 12.5. The summed E-state index contributed by atoms with van der Waals surface area (Å²) < 4.78 is 4.98. The Bertz CT molecular complexity index is 454. The quantitative estimate of drug-likeness (QED) is 0.596. The zero-order chi connectivity index (χ0) is 18.3. The highest BCUT2D eigenvalue weighted by Crippen LogP contribution is 2.28. The molecule has 160 valence electrons. The Morgan fingerprint density at radius 3 is 2.26 bits per heavy atom. The number of ether oxygens (including phenoxy) is 1. The maximum Gasteiger partial charge on any atom is 0.242 e. The van der Waals surface area contributed by atoms with Crippen molar-refractivity contribution in [2.45, 2.75) is 57.0 Å². The number of nitrogens with one attached hydrogen (secondary N) is 1. The van der Waals surface area contributed by atoms with Crippen LogP contribution in [0, 0.1) is 0 Å². The van der Waals surface area contributed by atoms with Crippen LogP contribution < -0.4 is 11.1 Å².